The summed E-state index contributed by atoms with van der Waals surface area (Å²) in [6.45, 7) is 0.205. The highest BCUT2D eigenvalue weighted by atomic mass is 79.9. The summed E-state index contributed by atoms with van der Waals surface area (Å²) in [6, 6.07) is 15.1. The van der Waals surface area contributed by atoms with E-state index < -0.39 is 6.10 Å². The Hall–Kier alpha value is -1.99. The highest BCUT2D eigenvalue weighted by Crippen LogP contribution is 2.34. The fourth-order valence-corrected chi connectivity index (χ4v) is 3.56. The largest absolute Gasteiger partial charge is 0.477 e. The zero-order chi connectivity index (χ0) is 17.8. The number of hydrogen-bond donors (Lipinski definition) is 1. The van der Waals surface area contributed by atoms with E-state index in [4.69, 9.17) is 4.74 Å². The van der Waals surface area contributed by atoms with Crippen molar-refractivity contribution in [3.63, 3.8) is 0 Å². The molecule has 1 heterocycles. The number of amides is 2. The van der Waals surface area contributed by atoms with Crippen LogP contribution in [0, 0.1) is 0 Å². The SMILES string of the molecule is CNC(=O)C1CN(C(=O)CSc2ccc(Br)cc2)c2ccccc2O1. The number of ether oxygens (including phenoxy) is 1. The quantitative estimate of drug-likeness (QED) is 0.772. The topological polar surface area (TPSA) is 58.6 Å². The Morgan fingerprint density at radius 1 is 1.24 bits per heavy atom. The minimum atomic E-state index is -0.707. The van der Waals surface area contributed by atoms with Crippen LogP contribution in [0.5, 0.6) is 5.75 Å². The first-order valence-electron chi connectivity index (χ1n) is 7.74. The molecule has 130 valence electrons. The van der Waals surface area contributed by atoms with Crippen molar-refractivity contribution in [3.05, 3.63) is 53.0 Å². The van der Waals surface area contributed by atoms with Gasteiger partial charge in [0.15, 0.2) is 6.10 Å². The molecule has 5 nitrogen and oxygen atoms in total. The van der Waals surface area contributed by atoms with Crippen LogP contribution in [0.25, 0.3) is 0 Å². The van der Waals surface area contributed by atoms with Gasteiger partial charge in [-0.15, -0.1) is 11.8 Å². The second kappa shape index (κ2) is 7.93. The molecule has 1 N–H and O–H groups in total. The lowest BCUT2D eigenvalue weighted by Gasteiger charge is -2.34. The Morgan fingerprint density at radius 3 is 2.68 bits per heavy atom. The summed E-state index contributed by atoms with van der Waals surface area (Å²) < 4.78 is 6.72. The van der Waals surface area contributed by atoms with Crippen molar-refractivity contribution in [2.24, 2.45) is 0 Å². The summed E-state index contributed by atoms with van der Waals surface area (Å²) in [6.07, 6.45) is -0.707. The van der Waals surface area contributed by atoms with Gasteiger partial charge >= 0.3 is 0 Å². The molecule has 0 saturated carbocycles. The van der Waals surface area contributed by atoms with Crippen LogP contribution in [0.3, 0.4) is 0 Å². The maximum atomic E-state index is 12.8. The Balaban J connectivity index is 1.75. The Labute approximate surface area is 158 Å². The van der Waals surface area contributed by atoms with Gasteiger partial charge in [-0.3, -0.25) is 9.59 Å². The molecule has 0 bridgehead atoms. The molecule has 3 rings (SSSR count). The van der Waals surface area contributed by atoms with Crippen molar-refractivity contribution in [2.75, 3.05) is 24.2 Å². The van der Waals surface area contributed by atoms with E-state index in [1.54, 1.807) is 18.0 Å². The van der Waals surface area contributed by atoms with E-state index in [1.165, 1.54) is 11.8 Å². The first-order chi connectivity index (χ1) is 12.1. The zero-order valence-corrected chi connectivity index (χ0v) is 16.0. The van der Waals surface area contributed by atoms with Gasteiger partial charge in [0.25, 0.3) is 5.91 Å². The molecule has 2 aromatic rings. The van der Waals surface area contributed by atoms with Crippen LogP contribution < -0.4 is 15.0 Å². The Bertz CT molecular complexity index is 782. The molecule has 2 aromatic carbocycles. The predicted molar refractivity (Wildman–Crippen MR) is 102 cm³/mol. The van der Waals surface area contributed by atoms with Crippen LogP contribution in [0.4, 0.5) is 5.69 Å². The van der Waals surface area contributed by atoms with Gasteiger partial charge < -0.3 is 15.0 Å². The zero-order valence-electron chi connectivity index (χ0n) is 13.6. The van der Waals surface area contributed by atoms with E-state index in [0.717, 1.165) is 9.37 Å². The van der Waals surface area contributed by atoms with Gasteiger partial charge in [0.2, 0.25) is 5.91 Å². The first kappa shape index (κ1) is 17.8. The lowest BCUT2D eigenvalue weighted by Crippen LogP contribution is -2.50. The smallest absolute Gasteiger partial charge is 0.262 e. The summed E-state index contributed by atoms with van der Waals surface area (Å²) in [5.41, 5.74) is 0.698. The number of nitrogens with zero attached hydrogens (tertiary/aromatic N) is 1. The van der Waals surface area contributed by atoms with Crippen molar-refractivity contribution in [1.82, 2.24) is 5.32 Å². The molecule has 1 aliphatic heterocycles. The minimum Gasteiger partial charge on any atom is -0.477 e. The number of benzene rings is 2. The van der Waals surface area contributed by atoms with E-state index in [2.05, 4.69) is 21.2 Å². The second-order valence-electron chi connectivity index (χ2n) is 5.44. The fraction of sp³-hybridized carbons (Fsp3) is 0.222. The third kappa shape index (κ3) is 4.16. The number of thioether (sulfide) groups is 1. The number of likely N-dealkylation sites (N-methyl/N-ethyl adjacent to an activating group) is 1. The third-order valence-corrected chi connectivity index (χ3v) is 5.31. The highest BCUT2D eigenvalue weighted by Gasteiger charge is 2.33. The van der Waals surface area contributed by atoms with E-state index in [-0.39, 0.29) is 24.1 Å². The van der Waals surface area contributed by atoms with Crippen molar-refractivity contribution >= 4 is 45.2 Å². The first-order valence-corrected chi connectivity index (χ1v) is 9.52. The van der Waals surface area contributed by atoms with Crippen molar-refractivity contribution in [2.45, 2.75) is 11.0 Å². The molecule has 0 fully saturated rings. The van der Waals surface area contributed by atoms with Gasteiger partial charge in [-0.2, -0.15) is 0 Å². The number of carbonyl (C=O) groups excluding carboxylic acids is 2. The second-order valence-corrected chi connectivity index (χ2v) is 7.40. The van der Waals surface area contributed by atoms with Crippen molar-refractivity contribution in [3.8, 4) is 5.75 Å². The molecule has 7 heteroatoms. The lowest BCUT2D eigenvalue weighted by atomic mass is 10.2. The van der Waals surface area contributed by atoms with Gasteiger partial charge in [-0.05, 0) is 36.4 Å². The maximum absolute atomic E-state index is 12.8. The number of carbonyl (C=O) groups is 2. The molecule has 2 amide bonds. The highest BCUT2D eigenvalue weighted by molar-refractivity contribution is 9.10. The van der Waals surface area contributed by atoms with Crippen LogP contribution in [0.2, 0.25) is 0 Å². The number of nitrogens with one attached hydrogen (secondary N) is 1. The summed E-state index contributed by atoms with van der Waals surface area (Å²) in [4.78, 5) is 27.4. The number of fused-ring (bicyclic) bond motifs is 1. The number of para-hydroxylation sites is 2. The summed E-state index contributed by atoms with van der Waals surface area (Å²) >= 11 is 4.86. The fourth-order valence-electron chi connectivity index (χ4n) is 2.52. The standard InChI is InChI=1S/C18H17BrN2O3S/c1-20-18(23)16-10-21(14-4-2-3-5-15(14)24-16)17(22)11-25-13-8-6-12(19)7-9-13/h2-9,16H,10-11H2,1H3,(H,20,23). The average Bonchev–Trinajstić information content (AvgIpc) is 2.65. The van der Waals surface area contributed by atoms with E-state index in [0.29, 0.717) is 11.4 Å². The molecule has 0 aromatic heterocycles. The maximum Gasteiger partial charge on any atom is 0.262 e. The number of rotatable bonds is 4. The van der Waals surface area contributed by atoms with Crippen LogP contribution in [-0.4, -0.2) is 37.3 Å². The monoisotopic (exact) mass is 420 g/mol. The molecular weight excluding hydrogens is 404 g/mol. The Morgan fingerprint density at radius 2 is 1.96 bits per heavy atom. The van der Waals surface area contributed by atoms with Crippen LogP contribution in [-0.2, 0) is 9.59 Å². The molecule has 25 heavy (non-hydrogen) atoms. The normalized spacial score (nSPS) is 15.9. The molecule has 1 atom stereocenters. The van der Waals surface area contributed by atoms with E-state index in [1.807, 2.05) is 42.5 Å². The lowest BCUT2D eigenvalue weighted by molar-refractivity contribution is -0.127. The number of hydrogen-bond acceptors (Lipinski definition) is 4. The predicted octanol–water partition coefficient (Wildman–Crippen LogP) is 3.08. The summed E-state index contributed by atoms with van der Waals surface area (Å²) in [5, 5.41) is 2.58. The van der Waals surface area contributed by atoms with Crippen LogP contribution in [0.1, 0.15) is 0 Å². The molecule has 1 aliphatic rings. The summed E-state index contributed by atoms with van der Waals surface area (Å²) in [7, 11) is 1.56. The van der Waals surface area contributed by atoms with Gasteiger partial charge in [0, 0.05) is 16.4 Å². The molecule has 0 spiro atoms. The molecule has 0 aliphatic carbocycles. The van der Waals surface area contributed by atoms with Crippen molar-refractivity contribution in [1.29, 1.82) is 0 Å². The van der Waals surface area contributed by atoms with Crippen molar-refractivity contribution < 1.29 is 14.3 Å². The number of anilines is 1. The van der Waals surface area contributed by atoms with E-state index >= 15 is 0 Å². The van der Waals surface area contributed by atoms with Crippen LogP contribution >= 0.6 is 27.7 Å². The Kier molecular flexibility index (Phi) is 5.65. The molecule has 1 unspecified atom stereocenters. The van der Waals surface area contributed by atoms with E-state index in [9.17, 15) is 9.59 Å². The van der Waals surface area contributed by atoms with Gasteiger partial charge in [0.1, 0.15) is 5.75 Å². The van der Waals surface area contributed by atoms with Crippen LogP contribution in [0.15, 0.2) is 57.9 Å². The molecular formula is C18H17BrN2O3S. The minimum absolute atomic E-state index is 0.0578. The van der Waals surface area contributed by atoms with Gasteiger partial charge in [-0.25, -0.2) is 0 Å². The van der Waals surface area contributed by atoms with Gasteiger partial charge in [-0.1, -0.05) is 28.1 Å². The number of halogens is 1. The third-order valence-electron chi connectivity index (χ3n) is 3.79. The summed E-state index contributed by atoms with van der Waals surface area (Å²) in [5.74, 6) is 0.533. The van der Waals surface area contributed by atoms with Gasteiger partial charge in [0.05, 0.1) is 18.0 Å². The average molecular weight is 421 g/mol. The molecule has 0 radical (unpaired) electrons. The molecule has 0 saturated heterocycles.